The van der Waals surface area contributed by atoms with E-state index in [-0.39, 0.29) is 17.8 Å². The molecule has 0 aromatic rings. The maximum absolute atomic E-state index is 9.64. The van der Waals surface area contributed by atoms with Crippen LogP contribution in [-0.2, 0) is 4.74 Å². The molecule has 0 amide bonds. The van der Waals surface area contributed by atoms with Crippen molar-refractivity contribution in [2.45, 2.75) is 115 Å². The highest BCUT2D eigenvalue weighted by Crippen LogP contribution is 2.62. The number of hydrogen-bond donors (Lipinski definition) is 1. The number of fused-ring (bicyclic) bond motifs is 4. The van der Waals surface area contributed by atoms with Gasteiger partial charge in [-0.05, 0) is 57.3 Å². The van der Waals surface area contributed by atoms with Crippen molar-refractivity contribution < 1.29 is 9.84 Å². The Balaban J connectivity index is 1.60. The zero-order valence-electron chi connectivity index (χ0n) is 15.4. The van der Waals surface area contributed by atoms with E-state index in [1.807, 2.05) is 6.92 Å². The van der Waals surface area contributed by atoms with Gasteiger partial charge >= 0.3 is 0 Å². The molecule has 134 valence electrons. The van der Waals surface area contributed by atoms with Crippen molar-refractivity contribution in [3.8, 4) is 0 Å². The number of aliphatic hydroxyl groups excluding tert-OH is 1. The van der Waals surface area contributed by atoms with Crippen molar-refractivity contribution >= 4 is 0 Å². The molecule has 0 aliphatic heterocycles. The molecule has 2 nitrogen and oxygen atoms in total. The molecule has 0 heterocycles. The van der Waals surface area contributed by atoms with Crippen LogP contribution in [0.15, 0.2) is 0 Å². The van der Waals surface area contributed by atoms with Crippen LogP contribution in [0, 0.1) is 17.8 Å². The standard InChI is InChI=1S/C21H38O2/c1-16(22)12-17(2)23-21-14-18-10-8-6-4-3-5-7-9-11-19(13-18)20(21)15-21/h16-20,22H,3-15H2,1-2H3/t16-,17-,18-,19+,20-,21+/m1/s1. The summed E-state index contributed by atoms with van der Waals surface area (Å²) in [6, 6.07) is 0. The number of hydrogen-bond acceptors (Lipinski definition) is 2. The van der Waals surface area contributed by atoms with E-state index in [1.165, 1.54) is 77.0 Å². The van der Waals surface area contributed by atoms with Crippen molar-refractivity contribution in [1.82, 2.24) is 0 Å². The van der Waals surface area contributed by atoms with E-state index in [0.717, 1.165) is 24.2 Å². The molecule has 3 aliphatic carbocycles. The van der Waals surface area contributed by atoms with Crippen LogP contribution in [0.4, 0.5) is 0 Å². The highest BCUT2D eigenvalue weighted by molar-refractivity contribution is 5.12. The van der Waals surface area contributed by atoms with Crippen LogP contribution in [0.5, 0.6) is 0 Å². The van der Waals surface area contributed by atoms with Gasteiger partial charge in [0.25, 0.3) is 0 Å². The minimum Gasteiger partial charge on any atom is -0.393 e. The molecule has 2 bridgehead atoms. The van der Waals surface area contributed by atoms with Crippen molar-refractivity contribution in [2.24, 2.45) is 17.8 Å². The fraction of sp³-hybridized carbons (Fsp3) is 1.00. The molecule has 0 radical (unpaired) electrons. The highest BCUT2D eigenvalue weighted by atomic mass is 16.5. The molecular formula is C21H38O2. The summed E-state index contributed by atoms with van der Waals surface area (Å²) < 4.78 is 6.56. The topological polar surface area (TPSA) is 29.5 Å². The van der Waals surface area contributed by atoms with Gasteiger partial charge in [-0.2, -0.15) is 0 Å². The average Bonchev–Trinajstić information content (AvgIpc) is 3.16. The molecule has 3 fully saturated rings. The van der Waals surface area contributed by atoms with Crippen LogP contribution < -0.4 is 0 Å². The largest absolute Gasteiger partial charge is 0.393 e. The minimum absolute atomic E-state index is 0.200. The third kappa shape index (κ3) is 4.72. The lowest BCUT2D eigenvalue weighted by Gasteiger charge is -2.36. The lowest BCUT2D eigenvalue weighted by Crippen LogP contribution is -2.34. The lowest BCUT2D eigenvalue weighted by molar-refractivity contribution is -0.0780. The first-order valence-electron chi connectivity index (χ1n) is 10.4. The Hall–Kier alpha value is -0.0800. The highest BCUT2D eigenvalue weighted by Gasteiger charge is 2.62. The molecule has 0 spiro atoms. The van der Waals surface area contributed by atoms with Crippen LogP contribution in [0.3, 0.4) is 0 Å². The second-order valence-corrected chi connectivity index (χ2v) is 9.01. The molecule has 0 unspecified atom stereocenters. The summed E-state index contributed by atoms with van der Waals surface area (Å²) in [7, 11) is 0. The monoisotopic (exact) mass is 322 g/mol. The zero-order chi connectivity index (χ0) is 16.3. The van der Waals surface area contributed by atoms with Gasteiger partial charge in [-0.3, -0.25) is 0 Å². The van der Waals surface area contributed by atoms with Gasteiger partial charge in [0.15, 0.2) is 0 Å². The second-order valence-electron chi connectivity index (χ2n) is 9.01. The van der Waals surface area contributed by atoms with Crippen molar-refractivity contribution in [3.05, 3.63) is 0 Å². The molecule has 1 N–H and O–H groups in total. The number of ether oxygens (including phenoxy) is 1. The van der Waals surface area contributed by atoms with E-state index in [4.69, 9.17) is 4.74 Å². The third-order valence-electron chi connectivity index (χ3n) is 6.72. The predicted octanol–water partition coefficient (Wildman–Crippen LogP) is 5.47. The molecule has 6 atom stereocenters. The summed E-state index contributed by atoms with van der Waals surface area (Å²) in [6.07, 6.45) is 17.8. The Labute approximate surface area is 143 Å². The molecule has 0 saturated heterocycles. The lowest BCUT2D eigenvalue weighted by atomic mass is 9.75. The Morgan fingerprint density at radius 3 is 2.30 bits per heavy atom. The van der Waals surface area contributed by atoms with Crippen LogP contribution >= 0.6 is 0 Å². The zero-order valence-corrected chi connectivity index (χ0v) is 15.4. The minimum atomic E-state index is -0.244. The number of aliphatic hydroxyl groups is 1. The van der Waals surface area contributed by atoms with Gasteiger partial charge in [-0.25, -0.2) is 0 Å². The van der Waals surface area contributed by atoms with E-state index < -0.39 is 0 Å². The van der Waals surface area contributed by atoms with Gasteiger partial charge in [0.1, 0.15) is 0 Å². The molecular weight excluding hydrogens is 284 g/mol. The van der Waals surface area contributed by atoms with E-state index in [1.54, 1.807) is 0 Å². The smallest absolute Gasteiger partial charge is 0.0724 e. The summed E-state index contributed by atoms with van der Waals surface area (Å²) in [5.74, 6) is 2.65. The Morgan fingerprint density at radius 1 is 0.957 bits per heavy atom. The van der Waals surface area contributed by atoms with Gasteiger partial charge in [0, 0.05) is 0 Å². The Morgan fingerprint density at radius 2 is 1.61 bits per heavy atom. The van der Waals surface area contributed by atoms with Crippen molar-refractivity contribution in [1.29, 1.82) is 0 Å². The summed E-state index contributed by atoms with van der Waals surface area (Å²) in [5.41, 5.74) is 0.200. The molecule has 0 aromatic heterocycles. The predicted molar refractivity (Wildman–Crippen MR) is 95.4 cm³/mol. The second kappa shape index (κ2) is 7.87. The maximum atomic E-state index is 9.64. The molecule has 2 heteroatoms. The van der Waals surface area contributed by atoms with Gasteiger partial charge < -0.3 is 9.84 Å². The first-order valence-corrected chi connectivity index (χ1v) is 10.4. The summed E-state index contributed by atoms with van der Waals surface area (Å²) in [5, 5.41) is 9.64. The van der Waals surface area contributed by atoms with Gasteiger partial charge in [0.2, 0.25) is 0 Å². The maximum Gasteiger partial charge on any atom is 0.0724 e. The van der Waals surface area contributed by atoms with E-state index >= 15 is 0 Å². The summed E-state index contributed by atoms with van der Waals surface area (Å²) in [4.78, 5) is 0. The van der Waals surface area contributed by atoms with Gasteiger partial charge in [-0.1, -0.05) is 57.8 Å². The van der Waals surface area contributed by atoms with Gasteiger partial charge in [0.05, 0.1) is 17.8 Å². The van der Waals surface area contributed by atoms with E-state index in [2.05, 4.69) is 6.92 Å². The van der Waals surface area contributed by atoms with E-state index in [9.17, 15) is 5.11 Å². The third-order valence-corrected chi connectivity index (χ3v) is 6.72. The molecule has 3 rings (SSSR count). The quantitative estimate of drug-likeness (QED) is 0.743. The summed E-state index contributed by atoms with van der Waals surface area (Å²) in [6.45, 7) is 4.04. The summed E-state index contributed by atoms with van der Waals surface area (Å²) >= 11 is 0. The molecule has 0 aromatic carbocycles. The SMILES string of the molecule is C[C@H](C[C@@H](C)O)O[C@]12C[C@@H]3CCCCCCCCC[C@@H](C3)[C@H]1C2. The van der Waals surface area contributed by atoms with Crippen molar-refractivity contribution in [2.75, 3.05) is 0 Å². The van der Waals surface area contributed by atoms with Crippen molar-refractivity contribution in [3.63, 3.8) is 0 Å². The van der Waals surface area contributed by atoms with Crippen LogP contribution in [0.1, 0.15) is 97.3 Å². The Bertz CT molecular complexity index is 367. The van der Waals surface area contributed by atoms with E-state index in [0.29, 0.717) is 0 Å². The first-order chi connectivity index (χ1) is 11.1. The molecule has 23 heavy (non-hydrogen) atoms. The fourth-order valence-corrected chi connectivity index (χ4v) is 5.68. The van der Waals surface area contributed by atoms with Crippen LogP contribution in [0.25, 0.3) is 0 Å². The first kappa shape index (κ1) is 17.7. The molecule has 3 saturated carbocycles. The normalized spacial score (nSPS) is 41.1. The fourth-order valence-electron chi connectivity index (χ4n) is 5.68. The Kier molecular flexibility index (Phi) is 6.07. The number of rotatable bonds is 4. The molecule has 3 aliphatic rings. The van der Waals surface area contributed by atoms with Gasteiger partial charge in [-0.15, -0.1) is 0 Å². The average molecular weight is 323 g/mol. The van der Waals surface area contributed by atoms with Crippen LogP contribution in [0.2, 0.25) is 0 Å². The van der Waals surface area contributed by atoms with Crippen LogP contribution in [-0.4, -0.2) is 22.9 Å².